The van der Waals surface area contributed by atoms with Crippen molar-refractivity contribution in [2.45, 2.75) is 26.7 Å². The van der Waals surface area contributed by atoms with Crippen LogP contribution in [0.25, 0.3) is 11.3 Å². The number of aromatic nitrogens is 2. The molecule has 2 N–H and O–H groups in total. The first-order valence-electron chi connectivity index (χ1n) is 9.89. The van der Waals surface area contributed by atoms with Crippen molar-refractivity contribution in [1.82, 2.24) is 9.97 Å². The highest BCUT2D eigenvalue weighted by Gasteiger charge is 2.26. The van der Waals surface area contributed by atoms with E-state index in [-0.39, 0.29) is 12.3 Å². The van der Waals surface area contributed by atoms with Gasteiger partial charge in [0.15, 0.2) is 0 Å². The molecule has 1 aromatic heterocycles. The average molecular weight is 402 g/mol. The summed E-state index contributed by atoms with van der Waals surface area (Å²) in [5.41, 5.74) is 4.62. The maximum Gasteiger partial charge on any atom is 0.291 e. The molecule has 7 heteroatoms. The Morgan fingerprint density at radius 1 is 1.10 bits per heavy atom. The van der Waals surface area contributed by atoms with Crippen LogP contribution in [0.5, 0.6) is 0 Å². The van der Waals surface area contributed by atoms with Crippen LogP contribution >= 0.6 is 0 Å². The molecule has 7 nitrogen and oxygen atoms in total. The molecule has 152 valence electrons. The first-order chi connectivity index (χ1) is 14.5. The molecular formula is C23H22N4O3. The summed E-state index contributed by atoms with van der Waals surface area (Å²) in [6, 6.07) is 14.3. The number of para-hydroxylation sites is 1. The quantitative estimate of drug-likeness (QED) is 0.653. The number of imidazole rings is 1. The average Bonchev–Trinajstić information content (AvgIpc) is 3.07. The second-order valence-corrected chi connectivity index (χ2v) is 7.18. The van der Waals surface area contributed by atoms with Gasteiger partial charge >= 0.3 is 0 Å². The van der Waals surface area contributed by atoms with Crippen molar-refractivity contribution in [3.63, 3.8) is 0 Å². The van der Waals surface area contributed by atoms with E-state index in [4.69, 9.17) is 0 Å². The van der Waals surface area contributed by atoms with Crippen molar-refractivity contribution < 1.29 is 14.4 Å². The summed E-state index contributed by atoms with van der Waals surface area (Å²) >= 11 is 0. The number of anilines is 2. The van der Waals surface area contributed by atoms with Gasteiger partial charge in [0.25, 0.3) is 11.8 Å². The normalized spacial score (nSPS) is 12.5. The topological polar surface area (TPSA) is 95.2 Å². The van der Waals surface area contributed by atoms with Gasteiger partial charge in [-0.15, -0.1) is 0 Å². The fourth-order valence-corrected chi connectivity index (χ4v) is 3.62. The minimum atomic E-state index is -0.651. The van der Waals surface area contributed by atoms with Crippen molar-refractivity contribution in [3.8, 4) is 11.3 Å². The Morgan fingerprint density at radius 2 is 1.83 bits per heavy atom. The third kappa shape index (κ3) is 3.61. The second-order valence-electron chi connectivity index (χ2n) is 7.18. The van der Waals surface area contributed by atoms with Crippen LogP contribution in [0.2, 0.25) is 0 Å². The SMILES string of the molecule is CCC(=O)C(=O)Nc1ccc(C(=O)N2CCc3[nH]c(C)nc3-c3ccccc32)cc1. The van der Waals surface area contributed by atoms with Crippen LogP contribution in [-0.4, -0.2) is 34.1 Å². The second kappa shape index (κ2) is 7.94. The van der Waals surface area contributed by atoms with Gasteiger partial charge in [0.1, 0.15) is 5.82 Å². The highest BCUT2D eigenvalue weighted by molar-refractivity contribution is 6.40. The third-order valence-electron chi connectivity index (χ3n) is 5.14. The van der Waals surface area contributed by atoms with Crippen molar-refractivity contribution in [2.24, 2.45) is 0 Å². The predicted octanol–water partition coefficient (Wildman–Crippen LogP) is 3.51. The van der Waals surface area contributed by atoms with E-state index >= 15 is 0 Å². The molecule has 2 heterocycles. The Bertz CT molecular complexity index is 1130. The smallest absolute Gasteiger partial charge is 0.291 e. The zero-order valence-corrected chi connectivity index (χ0v) is 16.9. The largest absolute Gasteiger partial charge is 0.346 e. The van der Waals surface area contributed by atoms with E-state index in [1.807, 2.05) is 31.2 Å². The maximum atomic E-state index is 13.3. The lowest BCUT2D eigenvalue weighted by Crippen LogP contribution is -2.32. The first kappa shape index (κ1) is 19.6. The molecule has 1 aliphatic heterocycles. The Balaban J connectivity index is 1.60. The summed E-state index contributed by atoms with van der Waals surface area (Å²) in [6.07, 6.45) is 0.817. The molecule has 2 amide bonds. The molecule has 4 rings (SSSR count). The Morgan fingerprint density at radius 3 is 2.57 bits per heavy atom. The van der Waals surface area contributed by atoms with Crippen molar-refractivity contribution in [3.05, 3.63) is 65.6 Å². The first-order valence-corrected chi connectivity index (χ1v) is 9.89. The van der Waals surface area contributed by atoms with Gasteiger partial charge in [-0.1, -0.05) is 25.1 Å². The number of ketones is 1. The Hall–Kier alpha value is -3.74. The summed E-state index contributed by atoms with van der Waals surface area (Å²) in [5.74, 6) is -0.411. The molecule has 0 atom stereocenters. The molecule has 0 bridgehead atoms. The summed E-state index contributed by atoms with van der Waals surface area (Å²) in [5, 5.41) is 2.55. The molecule has 0 aliphatic carbocycles. The van der Waals surface area contributed by atoms with Gasteiger partial charge in [-0.25, -0.2) is 4.98 Å². The molecule has 0 saturated heterocycles. The minimum Gasteiger partial charge on any atom is -0.346 e. The van der Waals surface area contributed by atoms with Crippen LogP contribution in [0, 0.1) is 6.92 Å². The van der Waals surface area contributed by atoms with Gasteiger partial charge in [-0.05, 0) is 37.3 Å². The molecule has 0 unspecified atom stereocenters. The third-order valence-corrected chi connectivity index (χ3v) is 5.14. The number of hydrogen-bond acceptors (Lipinski definition) is 4. The number of carbonyl (C=O) groups is 3. The number of benzene rings is 2. The lowest BCUT2D eigenvalue weighted by atomic mass is 10.1. The monoisotopic (exact) mass is 402 g/mol. The molecule has 0 radical (unpaired) electrons. The van der Waals surface area contributed by atoms with Gasteiger partial charge in [0.05, 0.1) is 11.4 Å². The number of nitrogens with zero attached hydrogens (tertiary/aromatic N) is 2. The van der Waals surface area contributed by atoms with E-state index in [2.05, 4.69) is 15.3 Å². The van der Waals surface area contributed by atoms with E-state index in [1.54, 1.807) is 36.1 Å². The number of Topliss-reactive ketones (excluding diaryl/α,β-unsaturated/α-hetero) is 1. The summed E-state index contributed by atoms with van der Waals surface area (Å²) in [7, 11) is 0. The van der Waals surface area contributed by atoms with Crippen LogP contribution < -0.4 is 10.2 Å². The Labute approximate surface area is 174 Å². The number of aryl methyl sites for hydroxylation is 1. The highest BCUT2D eigenvalue weighted by Crippen LogP contribution is 2.35. The van der Waals surface area contributed by atoms with Crippen LogP contribution in [0.3, 0.4) is 0 Å². The van der Waals surface area contributed by atoms with Gasteiger partial charge in [0.2, 0.25) is 5.78 Å². The molecule has 0 fully saturated rings. The predicted molar refractivity (Wildman–Crippen MR) is 115 cm³/mol. The molecule has 3 aromatic rings. The molecule has 2 aromatic carbocycles. The zero-order valence-electron chi connectivity index (χ0n) is 16.9. The number of H-pyrrole nitrogens is 1. The fraction of sp³-hybridized carbons (Fsp3) is 0.217. The lowest BCUT2D eigenvalue weighted by Gasteiger charge is -2.23. The minimum absolute atomic E-state index is 0.133. The Kier molecular flexibility index (Phi) is 5.18. The van der Waals surface area contributed by atoms with E-state index in [1.165, 1.54) is 0 Å². The molecule has 0 spiro atoms. The van der Waals surface area contributed by atoms with Crippen LogP contribution in [0.1, 0.15) is 35.2 Å². The lowest BCUT2D eigenvalue weighted by molar-refractivity contribution is -0.134. The van der Waals surface area contributed by atoms with Crippen LogP contribution in [-0.2, 0) is 16.0 Å². The van der Waals surface area contributed by atoms with Gasteiger partial charge in [-0.3, -0.25) is 14.4 Å². The molecular weight excluding hydrogens is 380 g/mol. The fourth-order valence-electron chi connectivity index (χ4n) is 3.62. The molecule has 1 aliphatic rings. The highest BCUT2D eigenvalue weighted by atomic mass is 16.2. The van der Waals surface area contributed by atoms with E-state index in [0.29, 0.717) is 24.2 Å². The van der Waals surface area contributed by atoms with Crippen molar-refractivity contribution in [1.29, 1.82) is 0 Å². The summed E-state index contributed by atoms with van der Waals surface area (Å²) in [6.45, 7) is 4.08. The molecule has 0 saturated carbocycles. The van der Waals surface area contributed by atoms with E-state index in [0.717, 1.165) is 28.5 Å². The number of hydrogen-bond donors (Lipinski definition) is 2. The summed E-state index contributed by atoms with van der Waals surface area (Å²) < 4.78 is 0. The number of nitrogens with one attached hydrogen (secondary N) is 2. The number of amides is 2. The summed E-state index contributed by atoms with van der Waals surface area (Å²) in [4.78, 5) is 46.2. The molecule has 30 heavy (non-hydrogen) atoms. The maximum absolute atomic E-state index is 13.3. The van der Waals surface area contributed by atoms with Crippen LogP contribution in [0.4, 0.5) is 11.4 Å². The van der Waals surface area contributed by atoms with Crippen molar-refractivity contribution >= 4 is 29.0 Å². The van der Waals surface area contributed by atoms with Crippen LogP contribution in [0.15, 0.2) is 48.5 Å². The number of fused-ring (bicyclic) bond motifs is 3. The number of aromatic amines is 1. The standard InChI is InChI=1S/C23H22N4O3/c1-3-20(28)22(29)26-16-10-8-15(9-11-16)23(30)27-13-12-18-21(25-14(2)24-18)17-6-4-5-7-19(17)27/h4-11H,3,12-13H2,1-2H3,(H,24,25)(H,26,29). The number of rotatable bonds is 4. The van der Waals surface area contributed by atoms with E-state index in [9.17, 15) is 14.4 Å². The van der Waals surface area contributed by atoms with Crippen molar-refractivity contribution in [2.75, 3.05) is 16.8 Å². The number of carbonyl (C=O) groups excluding carboxylic acids is 3. The van der Waals surface area contributed by atoms with Gasteiger partial charge in [0, 0.05) is 41.9 Å². The van der Waals surface area contributed by atoms with Gasteiger partial charge in [-0.2, -0.15) is 0 Å². The zero-order chi connectivity index (χ0) is 21.3. The van der Waals surface area contributed by atoms with E-state index < -0.39 is 11.7 Å². The van der Waals surface area contributed by atoms with Gasteiger partial charge < -0.3 is 15.2 Å².